The van der Waals surface area contributed by atoms with Gasteiger partial charge in [0.1, 0.15) is 0 Å². The number of likely N-dealkylation sites (tertiary alicyclic amines) is 1. The summed E-state index contributed by atoms with van der Waals surface area (Å²) in [5, 5.41) is 0. The molecule has 11 heavy (non-hydrogen) atoms. The van der Waals surface area contributed by atoms with Crippen LogP contribution in [0.2, 0.25) is 0 Å². The fourth-order valence-corrected chi connectivity index (χ4v) is 1.74. The molecule has 0 aliphatic carbocycles. The van der Waals surface area contributed by atoms with Gasteiger partial charge in [0, 0.05) is 26.3 Å². The highest BCUT2D eigenvalue weighted by molar-refractivity contribution is 4.74. The Kier molecular flexibility index (Phi) is 3.87. The second kappa shape index (κ2) is 4.73. The van der Waals surface area contributed by atoms with Crippen LogP contribution in [0.4, 0.5) is 0 Å². The lowest BCUT2D eigenvalue weighted by atomic mass is 10.2. The molecule has 1 heterocycles. The average molecular weight is 157 g/mol. The van der Waals surface area contributed by atoms with Gasteiger partial charge in [0.05, 0.1) is 0 Å². The van der Waals surface area contributed by atoms with Gasteiger partial charge in [0.2, 0.25) is 0 Å². The summed E-state index contributed by atoms with van der Waals surface area (Å²) >= 11 is 0. The van der Waals surface area contributed by atoms with Crippen molar-refractivity contribution in [1.82, 2.24) is 4.90 Å². The van der Waals surface area contributed by atoms with Gasteiger partial charge in [-0.2, -0.15) is 0 Å². The molecule has 2 nitrogen and oxygen atoms in total. The predicted octanol–water partition coefficient (Wildman–Crippen LogP) is 1.51. The van der Waals surface area contributed by atoms with Crippen molar-refractivity contribution in [3.8, 4) is 0 Å². The van der Waals surface area contributed by atoms with Gasteiger partial charge in [-0.25, -0.2) is 0 Å². The summed E-state index contributed by atoms with van der Waals surface area (Å²) in [6.45, 7) is 5.74. The molecule has 66 valence electrons. The van der Waals surface area contributed by atoms with Crippen molar-refractivity contribution in [2.75, 3.05) is 26.8 Å². The quantitative estimate of drug-likeness (QED) is 0.573. The van der Waals surface area contributed by atoms with Gasteiger partial charge < -0.3 is 9.64 Å². The van der Waals surface area contributed by atoms with Crippen LogP contribution in [0.15, 0.2) is 0 Å². The molecular formula is C9H19NO. The van der Waals surface area contributed by atoms with E-state index < -0.39 is 0 Å². The monoisotopic (exact) mass is 157 g/mol. The summed E-state index contributed by atoms with van der Waals surface area (Å²) in [6.07, 6.45) is 3.95. The fraction of sp³-hybridized carbons (Fsp3) is 1.00. The van der Waals surface area contributed by atoms with Crippen LogP contribution in [0.1, 0.15) is 26.2 Å². The van der Waals surface area contributed by atoms with Crippen LogP contribution < -0.4 is 0 Å². The lowest BCUT2D eigenvalue weighted by Crippen LogP contribution is -2.28. The minimum absolute atomic E-state index is 0.812. The number of hydrogen-bond acceptors (Lipinski definition) is 2. The molecule has 1 rings (SSSR count). The minimum atomic E-state index is 0.812. The van der Waals surface area contributed by atoms with Gasteiger partial charge in [-0.1, -0.05) is 0 Å². The number of methoxy groups -OCH3 is 1. The molecule has 0 bridgehead atoms. The van der Waals surface area contributed by atoms with Gasteiger partial charge in [-0.15, -0.1) is 0 Å². The maximum atomic E-state index is 5.01. The molecule has 1 aliphatic rings. The average Bonchev–Trinajstić information content (AvgIpc) is 2.37. The van der Waals surface area contributed by atoms with Crippen LogP contribution >= 0.6 is 0 Å². The van der Waals surface area contributed by atoms with Crippen molar-refractivity contribution in [3.05, 3.63) is 0 Å². The summed E-state index contributed by atoms with van der Waals surface area (Å²) < 4.78 is 5.01. The van der Waals surface area contributed by atoms with E-state index in [4.69, 9.17) is 4.74 Å². The van der Waals surface area contributed by atoms with E-state index in [0.717, 1.165) is 12.6 Å². The third-order valence-electron chi connectivity index (χ3n) is 2.48. The summed E-state index contributed by atoms with van der Waals surface area (Å²) in [5.74, 6) is 0. The van der Waals surface area contributed by atoms with E-state index in [2.05, 4.69) is 11.8 Å². The standard InChI is InChI=1S/C9H19NO/c1-9-5-3-6-10(9)7-4-8-11-2/h9H,3-8H2,1-2H3/t9-/m1/s1. The minimum Gasteiger partial charge on any atom is -0.385 e. The van der Waals surface area contributed by atoms with Crippen LogP contribution in [-0.2, 0) is 4.74 Å². The molecule has 0 radical (unpaired) electrons. The maximum Gasteiger partial charge on any atom is 0.0474 e. The molecule has 0 saturated carbocycles. The number of rotatable bonds is 4. The summed E-state index contributed by atoms with van der Waals surface area (Å²) in [7, 11) is 1.77. The Hall–Kier alpha value is -0.0800. The van der Waals surface area contributed by atoms with Crippen molar-refractivity contribution in [2.24, 2.45) is 0 Å². The van der Waals surface area contributed by atoms with Crippen molar-refractivity contribution >= 4 is 0 Å². The SMILES string of the molecule is COCCCN1CCC[C@H]1C. The molecule has 0 unspecified atom stereocenters. The van der Waals surface area contributed by atoms with Crippen molar-refractivity contribution in [2.45, 2.75) is 32.2 Å². The smallest absolute Gasteiger partial charge is 0.0474 e. The van der Waals surface area contributed by atoms with Crippen LogP contribution in [-0.4, -0.2) is 37.7 Å². The van der Waals surface area contributed by atoms with Gasteiger partial charge in [0.15, 0.2) is 0 Å². The number of ether oxygens (including phenoxy) is 1. The molecular weight excluding hydrogens is 138 g/mol. The second-order valence-corrected chi connectivity index (χ2v) is 3.37. The van der Waals surface area contributed by atoms with E-state index in [1.54, 1.807) is 7.11 Å². The van der Waals surface area contributed by atoms with E-state index in [-0.39, 0.29) is 0 Å². The highest BCUT2D eigenvalue weighted by Gasteiger charge is 2.18. The molecule has 0 spiro atoms. The first-order valence-electron chi connectivity index (χ1n) is 4.57. The number of hydrogen-bond donors (Lipinski definition) is 0. The Bertz CT molecular complexity index is 106. The van der Waals surface area contributed by atoms with Gasteiger partial charge in [-0.3, -0.25) is 0 Å². The third-order valence-corrected chi connectivity index (χ3v) is 2.48. The summed E-state index contributed by atoms with van der Waals surface area (Å²) in [6, 6.07) is 0.812. The number of nitrogens with zero attached hydrogens (tertiary/aromatic N) is 1. The van der Waals surface area contributed by atoms with Crippen LogP contribution in [0, 0.1) is 0 Å². The van der Waals surface area contributed by atoms with E-state index >= 15 is 0 Å². The molecule has 1 fully saturated rings. The van der Waals surface area contributed by atoms with Crippen LogP contribution in [0.25, 0.3) is 0 Å². The van der Waals surface area contributed by atoms with Gasteiger partial charge in [-0.05, 0) is 32.7 Å². The predicted molar refractivity (Wildman–Crippen MR) is 46.8 cm³/mol. The first kappa shape index (κ1) is 9.01. The molecule has 0 aromatic carbocycles. The largest absolute Gasteiger partial charge is 0.385 e. The fourth-order valence-electron chi connectivity index (χ4n) is 1.74. The Balaban J connectivity index is 2.05. The van der Waals surface area contributed by atoms with E-state index in [1.165, 1.54) is 32.4 Å². The molecule has 0 aromatic rings. The molecule has 0 amide bonds. The van der Waals surface area contributed by atoms with Gasteiger partial charge in [0.25, 0.3) is 0 Å². The van der Waals surface area contributed by atoms with Gasteiger partial charge >= 0.3 is 0 Å². The zero-order valence-electron chi connectivity index (χ0n) is 7.68. The molecule has 1 aliphatic heterocycles. The second-order valence-electron chi connectivity index (χ2n) is 3.37. The highest BCUT2D eigenvalue weighted by Crippen LogP contribution is 2.15. The van der Waals surface area contributed by atoms with Crippen LogP contribution in [0.3, 0.4) is 0 Å². The topological polar surface area (TPSA) is 12.5 Å². The van der Waals surface area contributed by atoms with E-state index in [9.17, 15) is 0 Å². The normalized spacial score (nSPS) is 26.2. The van der Waals surface area contributed by atoms with E-state index in [0.29, 0.717) is 0 Å². The Morgan fingerprint density at radius 3 is 2.91 bits per heavy atom. The zero-order chi connectivity index (χ0) is 8.10. The molecule has 1 atom stereocenters. The van der Waals surface area contributed by atoms with Crippen LogP contribution in [0.5, 0.6) is 0 Å². The Morgan fingerprint density at radius 1 is 1.55 bits per heavy atom. The van der Waals surface area contributed by atoms with Crippen molar-refractivity contribution in [1.29, 1.82) is 0 Å². The molecule has 0 N–H and O–H groups in total. The summed E-state index contributed by atoms with van der Waals surface area (Å²) in [4.78, 5) is 2.55. The first-order valence-corrected chi connectivity index (χ1v) is 4.57. The van der Waals surface area contributed by atoms with E-state index in [1.807, 2.05) is 0 Å². The lowest BCUT2D eigenvalue weighted by Gasteiger charge is -2.20. The molecule has 1 saturated heterocycles. The third kappa shape index (κ3) is 2.80. The highest BCUT2D eigenvalue weighted by atomic mass is 16.5. The maximum absolute atomic E-state index is 5.01. The molecule has 0 aromatic heterocycles. The Morgan fingerprint density at radius 2 is 2.36 bits per heavy atom. The van der Waals surface area contributed by atoms with Crippen molar-refractivity contribution < 1.29 is 4.74 Å². The Labute approximate surface area is 69.5 Å². The van der Waals surface area contributed by atoms with Crippen molar-refractivity contribution in [3.63, 3.8) is 0 Å². The summed E-state index contributed by atoms with van der Waals surface area (Å²) in [5.41, 5.74) is 0. The molecule has 2 heteroatoms. The first-order chi connectivity index (χ1) is 5.34. The lowest BCUT2D eigenvalue weighted by molar-refractivity contribution is 0.170. The zero-order valence-corrected chi connectivity index (χ0v) is 7.68.